The van der Waals surface area contributed by atoms with Crippen LogP contribution in [-0.2, 0) is 6.54 Å². The molecule has 0 aliphatic rings. The van der Waals surface area contributed by atoms with Crippen molar-refractivity contribution in [3.8, 4) is 0 Å². The molecule has 0 fully saturated rings. The first-order valence-electron chi connectivity index (χ1n) is 6.53. The predicted molar refractivity (Wildman–Crippen MR) is 80.3 cm³/mol. The molecule has 0 saturated carbocycles. The zero-order valence-corrected chi connectivity index (χ0v) is 11.2. The maximum absolute atomic E-state index is 13.1. The van der Waals surface area contributed by atoms with Gasteiger partial charge in [0, 0.05) is 11.9 Å². The highest BCUT2D eigenvalue weighted by Crippen LogP contribution is 2.21. The fraction of sp³-hybridized carbons (Fsp3) is 0.0625. The summed E-state index contributed by atoms with van der Waals surface area (Å²) < 4.78 is 13.1. The van der Waals surface area contributed by atoms with Crippen LogP contribution in [0.1, 0.15) is 16.1 Å². The van der Waals surface area contributed by atoms with Gasteiger partial charge in [0.1, 0.15) is 11.5 Å². The Morgan fingerprint density at radius 1 is 1.19 bits per heavy atom. The number of nitrogens with one attached hydrogen (secondary N) is 2. The van der Waals surface area contributed by atoms with E-state index in [0.717, 1.165) is 10.9 Å². The van der Waals surface area contributed by atoms with E-state index in [4.69, 9.17) is 5.73 Å². The second-order valence-electron chi connectivity index (χ2n) is 4.81. The van der Waals surface area contributed by atoms with Crippen LogP contribution >= 0.6 is 0 Å². The quantitative estimate of drug-likeness (QED) is 0.647. The molecule has 0 radical (unpaired) electrons. The molecule has 3 aromatic rings. The molecule has 2 aromatic carbocycles. The van der Waals surface area contributed by atoms with Gasteiger partial charge in [-0.25, -0.2) is 4.39 Å². The normalized spacial score (nSPS) is 10.7. The Morgan fingerprint density at radius 2 is 2.00 bits per heavy atom. The Balaban J connectivity index is 1.76. The zero-order chi connectivity index (χ0) is 14.8. The summed E-state index contributed by atoms with van der Waals surface area (Å²) in [4.78, 5) is 15.1. The van der Waals surface area contributed by atoms with Crippen LogP contribution in [0.3, 0.4) is 0 Å². The minimum absolute atomic E-state index is 0.255. The maximum atomic E-state index is 13.1. The molecule has 0 atom stereocenters. The van der Waals surface area contributed by atoms with Crippen LogP contribution in [-0.4, -0.2) is 10.9 Å². The van der Waals surface area contributed by atoms with Gasteiger partial charge in [-0.2, -0.15) is 0 Å². The van der Waals surface area contributed by atoms with Crippen molar-refractivity contribution in [1.29, 1.82) is 0 Å². The summed E-state index contributed by atoms with van der Waals surface area (Å²) in [5.41, 5.74) is 8.32. The number of nitrogens with two attached hydrogens (primary N) is 1. The van der Waals surface area contributed by atoms with E-state index in [1.54, 1.807) is 24.3 Å². The van der Waals surface area contributed by atoms with Gasteiger partial charge >= 0.3 is 0 Å². The lowest BCUT2D eigenvalue weighted by Gasteiger charge is -2.04. The van der Waals surface area contributed by atoms with E-state index in [1.807, 2.05) is 12.1 Å². The number of benzene rings is 2. The average molecular weight is 283 g/mol. The molecule has 0 aliphatic heterocycles. The molecule has 4 N–H and O–H groups in total. The number of rotatable bonds is 3. The highest BCUT2D eigenvalue weighted by molar-refractivity contribution is 6.00. The van der Waals surface area contributed by atoms with Crippen LogP contribution in [0.25, 0.3) is 10.9 Å². The largest absolute Gasteiger partial charge is 0.397 e. The molecular formula is C16H14FN3O. The van der Waals surface area contributed by atoms with Crippen LogP contribution in [0.4, 0.5) is 10.1 Å². The van der Waals surface area contributed by atoms with Gasteiger partial charge in [-0.05, 0) is 29.8 Å². The molecule has 3 rings (SSSR count). The van der Waals surface area contributed by atoms with E-state index < -0.39 is 0 Å². The number of aromatic nitrogens is 1. The number of fused-ring (bicyclic) bond motifs is 1. The van der Waals surface area contributed by atoms with Crippen LogP contribution in [0, 0.1) is 5.82 Å². The van der Waals surface area contributed by atoms with Crippen molar-refractivity contribution in [2.45, 2.75) is 6.54 Å². The average Bonchev–Trinajstić information content (AvgIpc) is 2.90. The Hall–Kier alpha value is -2.82. The van der Waals surface area contributed by atoms with Crippen molar-refractivity contribution in [3.05, 3.63) is 65.6 Å². The molecule has 5 heteroatoms. The first-order valence-corrected chi connectivity index (χ1v) is 6.53. The van der Waals surface area contributed by atoms with Crippen LogP contribution < -0.4 is 11.1 Å². The standard InChI is InChI=1S/C16H14FN3O/c17-12-5-1-3-10(7-12)9-19-16(21)14-8-11-4-2-6-13(18)15(11)20-14/h1-8,20H,9,18H2,(H,19,21). The van der Waals surface area contributed by atoms with Crippen molar-refractivity contribution in [3.63, 3.8) is 0 Å². The van der Waals surface area contributed by atoms with Crippen molar-refractivity contribution < 1.29 is 9.18 Å². The molecule has 0 saturated heterocycles. The molecular weight excluding hydrogens is 269 g/mol. The first-order chi connectivity index (χ1) is 10.1. The smallest absolute Gasteiger partial charge is 0.267 e. The van der Waals surface area contributed by atoms with E-state index >= 15 is 0 Å². The minimum atomic E-state index is -0.319. The summed E-state index contributed by atoms with van der Waals surface area (Å²) in [5, 5.41) is 3.63. The highest BCUT2D eigenvalue weighted by atomic mass is 19.1. The molecule has 1 heterocycles. The fourth-order valence-electron chi connectivity index (χ4n) is 2.23. The number of hydrogen-bond donors (Lipinski definition) is 3. The van der Waals surface area contributed by atoms with E-state index in [-0.39, 0.29) is 18.3 Å². The third kappa shape index (κ3) is 2.72. The minimum Gasteiger partial charge on any atom is -0.397 e. The SMILES string of the molecule is Nc1cccc2cc(C(=O)NCc3cccc(F)c3)[nH]c12. The summed E-state index contributed by atoms with van der Waals surface area (Å²) in [5.74, 6) is -0.574. The van der Waals surface area contributed by atoms with Gasteiger partial charge < -0.3 is 16.0 Å². The lowest BCUT2D eigenvalue weighted by Crippen LogP contribution is -2.23. The Kier molecular flexibility index (Phi) is 3.31. The molecule has 0 bridgehead atoms. The lowest BCUT2D eigenvalue weighted by atomic mass is 10.2. The van der Waals surface area contributed by atoms with Gasteiger partial charge in [0.15, 0.2) is 0 Å². The molecule has 0 aliphatic carbocycles. The van der Waals surface area contributed by atoms with Crippen LogP contribution in [0.5, 0.6) is 0 Å². The molecule has 1 amide bonds. The Bertz CT molecular complexity index is 810. The number of nitrogen functional groups attached to an aromatic ring is 1. The van der Waals surface area contributed by atoms with Gasteiger partial charge in [0.05, 0.1) is 11.2 Å². The van der Waals surface area contributed by atoms with Gasteiger partial charge in [-0.15, -0.1) is 0 Å². The maximum Gasteiger partial charge on any atom is 0.267 e. The summed E-state index contributed by atoms with van der Waals surface area (Å²) in [6.07, 6.45) is 0. The monoisotopic (exact) mass is 283 g/mol. The number of hydrogen-bond acceptors (Lipinski definition) is 2. The number of amides is 1. The van der Waals surface area contributed by atoms with E-state index in [1.165, 1.54) is 12.1 Å². The van der Waals surface area contributed by atoms with Crippen LogP contribution in [0.2, 0.25) is 0 Å². The van der Waals surface area contributed by atoms with Gasteiger partial charge in [-0.1, -0.05) is 24.3 Å². The summed E-state index contributed by atoms with van der Waals surface area (Å²) in [7, 11) is 0. The topological polar surface area (TPSA) is 70.9 Å². The Labute approximate surface area is 120 Å². The van der Waals surface area contributed by atoms with Crippen molar-refractivity contribution in [1.82, 2.24) is 10.3 Å². The molecule has 106 valence electrons. The fourth-order valence-corrected chi connectivity index (χ4v) is 2.23. The first kappa shape index (κ1) is 13.2. The molecule has 4 nitrogen and oxygen atoms in total. The molecule has 1 aromatic heterocycles. The number of carbonyl (C=O) groups excluding carboxylic acids is 1. The van der Waals surface area contributed by atoms with E-state index in [2.05, 4.69) is 10.3 Å². The number of H-pyrrole nitrogens is 1. The van der Waals surface area contributed by atoms with Gasteiger partial charge in [0.25, 0.3) is 5.91 Å². The lowest BCUT2D eigenvalue weighted by molar-refractivity contribution is 0.0946. The van der Waals surface area contributed by atoms with E-state index in [0.29, 0.717) is 16.9 Å². The van der Waals surface area contributed by atoms with Crippen molar-refractivity contribution in [2.24, 2.45) is 0 Å². The molecule has 0 spiro atoms. The third-order valence-electron chi connectivity index (χ3n) is 3.28. The number of para-hydroxylation sites is 1. The third-order valence-corrected chi connectivity index (χ3v) is 3.28. The van der Waals surface area contributed by atoms with Crippen molar-refractivity contribution >= 4 is 22.5 Å². The highest BCUT2D eigenvalue weighted by Gasteiger charge is 2.10. The molecule has 0 unspecified atom stereocenters. The number of carbonyl (C=O) groups is 1. The van der Waals surface area contributed by atoms with Crippen molar-refractivity contribution in [2.75, 3.05) is 5.73 Å². The summed E-state index contributed by atoms with van der Waals surface area (Å²) >= 11 is 0. The predicted octanol–water partition coefficient (Wildman–Crippen LogP) is 2.82. The number of halogens is 1. The summed E-state index contributed by atoms with van der Waals surface area (Å²) in [6, 6.07) is 13.4. The second-order valence-corrected chi connectivity index (χ2v) is 4.81. The Morgan fingerprint density at radius 3 is 2.76 bits per heavy atom. The van der Waals surface area contributed by atoms with E-state index in [9.17, 15) is 9.18 Å². The molecule has 21 heavy (non-hydrogen) atoms. The zero-order valence-electron chi connectivity index (χ0n) is 11.2. The van der Waals surface area contributed by atoms with Gasteiger partial charge in [0.2, 0.25) is 0 Å². The number of aromatic amines is 1. The van der Waals surface area contributed by atoms with Crippen LogP contribution in [0.15, 0.2) is 48.5 Å². The number of anilines is 1. The second kappa shape index (κ2) is 5.28. The summed E-state index contributed by atoms with van der Waals surface area (Å²) in [6.45, 7) is 0.265. The van der Waals surface area contributed by atoms with Gasteiger partial charge in [-0.3, -0.25) is 4.79 Å².